The Bertz CT molecular complexity index is 987. The zero-order valence-electron chi connectivity index (χ0n) is 16.8. The van der Waals surface area contributed by atoms with Crippen molar-refractivity contribution in [1.29, 1.82) is 0 Å². The summed E-state index contributed by atoms with van der Waals surface area (Å²) in [5, 5.41) is 3.06. The highest BCUT2D eigenvalue weighted by Crippen LogP contribution is 2.29. The van der Waals surface area contributed by atoms with Gasteiger partial charge in [-0.25, -0.2) is 8.42 Å². The summed E-state index contributed by atoms with van der Waals surface area (Å²) < 4.78 is 32.6. The van der Waals surface area contributed by atoms with Gasteiger partial charge in [0.05, 0.1) is 23.6 Å². The van der Waals surface area contributed by atoms with E-state index in [1.165, 1.54) is 32.4 Å². The second-order valence-electron chi connectivity index (χ2n) is 6.41. The molecule has 0 aromatic heterocycles. The molecule has 0 atom stereocenters. The molecule has 0 heterocycles. The Kier molecular flexibility index (Phi) is 8.10. The van der Waals surface area contributed by atoms with Gasteiger partial charge in [-0.1, -0.05) is 41.4 Å². The Balaban J connectivity index is 2.22. The molecule has 9 heteroatoms. The van der Waals surface area contributed by atoms with Crippen LogP contribution in [0.5, 0.6) is 5.75 Å². The summed E-state index contributed by atoms with van der Waals surface area (Å²) in [4.78, 5) is 12.6. The molecule has 0 saturated heterocycles. The fourth-order valence-electron chi connectivity index (χ4n) is 2.90. The minimum absolute atomic E-state index is 0.00858. The molecule has 2 aromatic rings. The van der Waals surface area contributed by atoms with Crippen LogP contribution in [0.3, 0.4) is 0 Å². The number of sulfonamides is 1. The molecule has 0 unspecified atom stereocenters. The zero-order chi connectivity index (χ0) is 21.8. The lowest BCUT2D eigenvalue weighted by Crippen LogP contribution is -2.35. The number of carbonyl (C=O) groups is 1. The Morgan fingerprint density at radius 1 is 1.17 bits per heavy atom. The minimum Gasteiger partial charge on any atom is -0.495 e. The number of anilines is 1. The van der Waals surface area contributed by atoms with E-state index in [2.05, 4.69) is 21.2 Å². The first-order valence-electron chi connectivity index (χ1n) is 9.05. The molecule has 0 bridgehead atoms. The number of hydrogen-bond acceptors (Lipinski definition) is 4. The van der Waals surface area contributed by atoms with E-state index in [0.29, 0.717) is 5.75 Å². The number of methoxy groups -OCH3 is 1. The smallest absolute Gasteiger partial charge is 0.243 e. The number of nitrogens with zero attached hydrogens (tertiary/aromatic N) is 1. The third-order valence-corrected chi connectivity index (χ3v) is 7.04. The van der Waals surface area contributed by atoms with E-state index >= 15 is 0 Å². The van der Waals surface area contributed by atoms with E-state index in [9.17, 15) is 13.2 Å². The Hall–Kier alpha value is -1.61. The van der Waals surface area contributed by atoms with Crippen LogP contribution < -0.4 is 10.1 Å². The van der Waals surface area contributed by atoms with Gasteiger partial charge >= 0.3 is 0 Å². The summed E-state index contributed by atoms with van der Waals surface area (Å²) in [5.41, 5.74) is 2.70. The SMILES string of the molecule is CCc1cc(Br)cc(CC)c1NC(=O)CN(C)S(=O)(=O)c1ccc(OC)c(Cl)c1. The number of rotatable bonds is 8. The molecule has 0 saturated carbocycles. The largest absolute Gasteiger partial charge is 0.495 e. The molecule has 1 amide bonds. The lowest BCUT2D eigenvalue weighted by atomic mass is 10.0. The molecule has 6 nitrogen and oxygen atoms in total. The van der Waals surface area contributed by atoms with Crippen molar-refractivity contribution >= 4 is 49.1 Å². The molecule has 0 fully saturated rings. The summed E-state index contributed by atoms with van der Waals surface area (Å²) in [7, 11) is -1.08. The van der Waals surface area contributed by atoms with Crippen molar-refractivity contribution in [3.63, 3.8) is 0 Å². The third-order valence-electron chi connectivity index (χ3n) is 4.49. The first kappa shape index (κ1) is 23.7. The number of benzene rings is 2. The van der Waals surface area contributed by atoms with Crippen LogP contribution in [-0.2, 0) is 27.7 Å². The average molecular weight is 504 g/mol. The number of likely N-dealkylation sites (N-methyl/N-ethyl adjacent to an activating group) is 1. The fraction of sp³-hybridized carbons (Fsp3) is 0.350. The summed E-state index contributed by atoms with van der Waals surface area (Å²) in [6.45, 7) is 3.68. The van der Waals surface area contributed by atoms with Crippen molar-refractivity contribution in [2.45, 2.75) is 31.6 Å². The minimum atomic E-state index is -3.89. The predicted octanol–water partition coefficient (Wildman–Crippen LogP) is 4.50. The molecule has 2 aromatic carbocycles. The van der Waals surface area contributed by atoms with E-state index in [1.54, 1.807) is 0 Å². The van der Waals surface area contributed by atoms with Gasteiger partial charge in [0.2, 0.25) is 15.9 Å². The van der Waals surface area contributed by atoms with Crippen LogP contribution in [-0.4, -0.2) is 39.3 Å². The number of amides is 1. The molecule has 0 aliphatic rings. The second-order valence-corrected chi connectivity index (χ2v) is 9.78. The molecule has 29 heavy (non-hydrogen) atoms. The predicted molar refractivity (Wildman–Crippen MR) is 119 cm³/mol. The van der Waals surface area contributed by atoms with Gasteiger partial charge in [0, 0.05) is 17.2 Å². The molecule has 2 rings (SSSR count). The lowest BCUT2D eigenvalue weighted by molar-refractivity contribution is -0.116. The normalized spacial score (nSPS) is 11.6. The number of nitrogens with one attached hydrogen (secondary N) is 1. The average Bonchev–Trinajstić information content (AvgIpc) is 2.68. The molecule has 0 radical (unpaired) electrons. The van der Waals surface area contributed by atoms with Crippen LogP contribution in [0.2, 0.25) is 5.02 Å². The zero-order valence-corrected chi connectivity index (χ0v) is 19.9. The molecule has 158 valence electrons. The van der Waals surface area contributed by atoms with E-state index in [4.69, 9.17) is 16.3 Å². The summed E-state index contributed by atoms with van der Waals surface area (Å²) in [5.74, 6) is -0.0390. The molecular weight excluding hydrogens is 480 g/mol. The van der Waals surface area contributed by atoms with Crippen LogP contribution in [0.15, 0.2) is 39.7 Å². The van der Waals surface area contributed by atoms with E-state index in [-0.39, 0.29) is 16.5 Å². The van der Waals surface area contributed by atoms with Crippen molar-refractivity contribution in [3.8, 4) is 5.75 Å². The fourth-order valence-corrected chi connectivity index (χ4v) is 4.93. The second kappa shape index (κ2) is 9.93. The van der Waals surface area contributed by atoms with Crippen molar-refractivity contribution in [1.82, 2.24) is 4.31 Å². The van der Waals surface area contributed by atoms with Gasteiger partial charge in [0.15, 0.2) is 0 Å². The monoisotopic (exact) mass is 502 g/mol. The first-order chi connectivity index (χ1) is 13.6. The van der Waals surface area contributed by atoms with Crippen LogP contribution in [0, 0.1) is 0 Å². The van der Waals surface area contributed by atoms with Gasteiger partial charge in [-0.2, -0.15) is 4.31 Å². The van der Waals surface area contributed by atoms with Gasteiger partial charge in [0.1, 0.15) is 5.75 Å². The summed E-state index contributed by atoms with van der Waals surface area (Å²) in [6.07, 6.45) is 1.47. The number of hydrogen-bond donors (Lipinski definition) is 1. The maximum atomic E-state index is 12.8. The standard InChI is InChI=1S/C20H24BrClN2O4S/c1-5-13-9-15(21)10-14(6-2)20(13)23-19(25)12-24(3)29(26,27)16-7-8-18(28-4)17(22)11-16/h7-11H,5-6,12H2,1-4H3,(H,23,25). The van der Waals surface area contributed by atoms with E-state index in [0.717, 1.165) is 38.4 Å². The van der Waals surface area contributed by atoms with Crippen LogP contribution in [0.1, 0.15) is 25.0 Å². The molecule has 1 N–H and O–H groups in total. The van der Waals surface area contributed by atoms with Crippen molar-refractivity contribution < 1.29 is 17.9 Å². The van der Waals surface area contributed by atoms with Gasteiger partial charge in [0.25, 0.3) is 0 Å². The van der Waals surface area contributed by atoms with Crippen LogP contribution in [0.4, 0.5) is 5.69 Å². The first-order valence-corrected chi connectivity index (χ1v) is 11.7. The maximum Gasteiger partial charge on any atom is 0.243 e. The van der Waals surface area contributed by atoms with Crippen LogP contribution in [0.25, 0.3) is 0 Å². The van der Waals surface area contributed by atoms with E-state index < -0.39 is 15.9 Å². The number of carbonyl (C=O) groups excluding carboxylic acids is 1. The van der Waals surface area contributed by atoms with E-state index in [1.807, 2.05) is 26.0 Å². The molecule has 0 aliphatic heterocycles. The van der Waals surface area contributed by atoms with Crippen molar-refractivity contribution in [2.75, 3.05) is 26.0 Å². The highest BCUT2D eigenvalue weighted by Gasteiger charge is 2.24. The Morgan fingerprint density at radius 3 is 2.24 bits per heavy atom. The highest BCUT2D eigenvalue weighted by atomic mass is 79.9. The molecular formula is C20H24BrClN2O4S. The van der Waals surface area contributed by atoms with Gasteiger partial charge in [-0.15, -0.1) is 0 Å². The lowest BCUT2D eigenvalue weighted by Gasteiger charge is -2.19. The highest BCUT2D eigenvalue weighted by molar-refractivity contribution is 9.10. The van der Waals surface area contributed by atoms with Gasteiger partial charge in [-0.3, -0.25) is 4.79 Å². The van der Waals surface area contributed by atoms with Crippen molar-refractivity contribution in [2.24, 2.45) is 0 Å². The topological polar surface area (TPSA) is 75.7 Å². The third kappa shape index (κ3) is 5.51. The van der Waals surface area contributed by atoms with Gasteiger partial charge < -0.3 is 10.1 Å². The quantitative estimate of drug-likeness (QED) is 0.576. The number of halogens is 2. The maximum absolute atomic E-state index is 12.8. The Morgan fingerprint density at radius 2 is 1.76 bits per heavy atom. The van der Waals surface area contributed by atoms with Gasteiger partial charge in [-0.05, 0) is 54.3 Å². The number of aryl methyl sites for hydroxylation is 2. The van der Waals surface area contributed by atoms with Crippen LogP contribution >= 0.6 is 27.5 Å². The number of ether oxygens (including phenoxy) is 1. The molecule has 0 spiro atoms. The Labute approximate surface area is 185 Å². The molecule has 0 aliphatic carbocycles. The summed E-state index contributed by atoms with van der Waals surface area (Å²) in [6, 6.07) is 8.09. The van der Waals surface area contributed by atoms with Crippen molar-refractivity contribution in [3.05, 3.63) is 51.0 Å². The summed E-state index contributed by atoms with van der Waals surface area (Å²) >= 11 is 9.53.